The van der Waals surface area contributed by atoms with Crippen molar-refractivity contribution in [2.45, 2.75) is 6.10 Å². The van der Waals surface area contributed by atoms with Gasteiger partial charge in [-0.3, -0.25) is 0 Å². The fourth-order valence-electron chi connectivity index (χ4n) is 0.240. The zero-order valence-corrected chi connectivity index (χ0v) is 4.26. The topological polar surface area (TPSA) is 38.7 Å². The highest BCUT2D eigenvalue weighted by Gasteiger charge is 1.99. The van der Waals surface area contributed by atoms with Crippen LogP contribution in [-0.4, -0.2) is 38.5 Å². The number of ether oxygens (including phenoxy) is 2. The van der Waals surface area contributed by atoms with Gasteiger partial charge in [0, 0.05) is 14.1 Å². The van der Waals surface area contributed by atoms with Gasteiger partial charge in [-0.25, -0.2) is 0 Å². The Morgan fingerprint density at radius 1 is 1.50 bits per heavy atom. The van der Waals surface area contributed by atoms with Crippen LogP contribution in [0.3, 0.4) is 0 Å². The first-order chi connectivity index (χ1) is 6.10. The average molecular weight is 126 g/mol. The Bertz CT molecular complexity index is 146. The van der Waals surface area contributed by atoms with Gasteiger partial charge in [-0.2, -0.15) is 0 Å². The normalized spacial score (nSPS) is 24.8. The van der Waals surface area contributed by atoms with Gasteiger partial charge in [0.2, 0.25) is 0 Å². The van der Waals surface area contributed by atoms with E-state index in [-0.39, 0.29) is 0 Å². The van der Waals surface area contributed by atoms with Crippen LogP contribution in [0.4, 0.5) is 0 Å². The van der Waals surface area contributed by atoms with Gasteiger partial charge in [0.25, 0.3) is 0 Å². The first-order valence-corrected chi connectivity index (χ1v) is 2.06. The Morgan fingerprint density at radius 3 is 2.38 bits per heavy atom. The monoisotopic (exact) mass is 126 g/mol. The van der Waals surface area contributed by atoms with Gasteiger partial charge in [-0.05, 0) is 0 Å². The maximum absolute atomic E-state index is 9.03. The summed E-state index contributed by atoms with van der Waals surface area (Å²) in [5.74, 6) is 0. The van der Waals surface area contributed by atoms with Crippen molar-refractivity contribution in [3.8, 4) is 0 Å². The minimum Gasteiger partial charge on any atom is -0.388 e. The predicted molar refractivity (Wildman–Crippen MR) is 29.8 cm³/mol. The Balaban J connectivity index is 3.62. The van der Waals surface area contributed by atoms with Crippen molar-refractivity contribution in [1.29, 1.82) is 0 Å². The van der Waals surface area contributed by atoms with E-state index in [2.05, 4.69) is 9.47 Å². The molecule has 0 aliphatic heterocycles. The molecule has 1 N–H and O–H groups in total. The molecule has 0 radical (unpaired) electrons. The Kier molecular flexibility index (Phi) is 1.41. The molecule has 0 amide bonds. The molecular weight excluding hydrogens is 108 g/mol. The van der Waals surface area contributed by atoms with Crippen molar-refractivity contribution >= 4 is 0 Å². The van der Waals surface area contributed by atoms with Crippen LogP contribution in [0.1, 0.15) is 8.22 Å². The zero-order chi connectivity index (χ0) is 11.4. The lowest BCUT2D eigenvalue weighted by molar-refractivity contribution is 0.00980. The quantitative estimate of drug-likeness (QED) is 0.559. The highest BCUT2D eigenvalue weighted by atomic mass is 16.5. The van der Waals surface area contributed by atoms with Gasteiger partial charge < -0.3 is 14.6 Å². The third-order valence-corrected chi connectivity index (χ3v) is 0.551. The van der Waals surface area contributed by atoms with Crippen LogP contribution in [0.25, 0.3) is 0 Å². The van der Waals surface area contributed by atoms with Crippen molar-refractivity contribution in [2.24, 2.45) is 0 Å². The van der Waals surface area contributed by atoms with Gasteiger partial charge >= 0.3 is 0 Å². The maximum Gasteiger partial charge on any atom is 0.101 e. The molecule has 0 aromatic carbocycles. The SMILES string of the molecule is [2H]C([2H])([2H])OCC(O)COC([2H])([2H])[2H]. The smallest absolute Gasteiger partial charge is 0.101 e. The standard InChI is InChI=1S/C5H12O3/c1-7-3-5(6)4-8-2/h5-6H,3-4H2,1-2H3/i1D3,2D3. The van der Waals surface area contributed by atoms with E-state index in [9.17, 15) is 0 Å². The molecule has 0 aromatic heterocycles. The molecule has 0 aliphatic rings. The Morgan fingerprint density at radius 2 is 2.00 bits per heavy atom. The fraction of sp³-hybridized carbons (Fsp3) is 1.00. The minimum absolute atomic E-state index is 0.493. The van der Waals surface area contributed by atoms with Crippen LogP contribution in [0, 0.1) is 0 Å². The largest absolute Gasteiger partial charge is 0.388 e. The number of hydrogen-bond acceptors (Lipinski definition) is 3. The van der Waals surface area contributed by atoms with E-state index in [1.165, 1.54) is 0 Å². The molecule has 50 valence electrons. The van der Waals surface area contributed by atoms with Gasteiger partial charge in [0.05, 0.1) is 21.4 Å². The molecule has 0 rings (SSSR count). The van der Waals surface area contributed by atoms with Crippen LogP contribution in [0.15, 0.2) is 0 Å². The van der Waals surface area contributed by atoms with Crippen molar-refractivity contribution in [2.75, 3.05) is 27.3 Å². The third kappa shape index (κ3) is 4.05. The molecule has 0 atom stereocenters. The van der Waals surface area contributed by atoms with Gasteiger partial charge in [0.15, 0.2) is 0 Å². The summed E-state index contributed by atoms with van der Waals surface area (Å²) in [6, 6.07) is 0. The van der Waals surface area contributed by atoms with Crippen molar-refractivity contribution in [1.82, 2.24) is 0 Å². The molecule has 0 spiro atoms. The number of methoxy groups -OCH3 is 2. The van der Waals surface area contributed by atoms with E-state index < -0.39 is 33.4 Å². The molecule has 0 bridgehead atoms. The second-order valence-electron chi connectivity index (χ2n) is 1.28. The average Bonchev–Trinajstić information content (AvgIpc) is 1.94. The van der Waals surface area contributed by atoms with E-state index in [0.29, 0.717) is 0 Å². The summed E-state index contributed by atoms with van der Waals surface area (Å²) >= 11 is 0. The number of rotatable bonds is 4. The molecule has 0 aliphatic carbocycles. The Hall–Kier alpha value is -0.120. The van der Waals surface area contributed by atoms with E-state index in [0.717, 1.165) is 0 Å². The first kappa shape index (κ1) is 2.25. The van der Waals surface area contributed by atoms with Gasteiger partial charge in [-0.15, -0.1) is 0 Å². The van der Waals surface area contributed by atoms with Crippen molar-refractivity contribution in [3.05, 3.63) is 0 Å². The predicted octanol–water partition coefficient (Wildman–Crippen LogP) is -0.360. The van der Waals surface area contributed by atoms with Gasteiger partial charge in [-0.1, -0.05) is 0 Å². The lowest BCUT2D eigenvalue weighted by atomic mass is 10.4. The van der Waals surface area contributed by atoms with E-state index in [4.69, 9.17) is 13.3 Å². The molecule has 8 heavy (non-hydrogen) atoms. The van der Waals surface area contributed by atoms with E-state index >= 15 is 0 Å². The van der Waals surface area contributed by atoms with Gasteiger partial charge in [0.1, 0.15) is 6.10 Å². The number of aliphatic hydroxyl groups is 1. The summed E-state index contributed by atoms with van der Waals surface area (Å²) in [6.07, 6.45) is -1.27. The molecular formula is C5H12O3. The molecule has 0 aromatic rings. The molecule has 0 saturated carbocycles. The van der Waals surface area contributed by atoms with Crippen LogP contribution in [-0.2, 0) is 9.47 Å². The fourth-order valence-corrected chi connectivity index (χ4v) is 0.240. The van der Waals surface area contributed by atoms with Crippen molar-refractivity contribution in [3.63, 3.8) is 0 Å². The summed E-state index contributed by atoms with van der Waals surface area (Å²) in [6.45, 7) is -0.987. The molecule has 0 heterocycles. The summed E-state index contributed by atoms with van der Waals surface area (Å²) in [4.78, 5) is 0. The molecule has 3 nitrogen and oxygen atoms in total. The van der Waals surface area contributed by atoms with Crippen LogP contribution in [0.5, 0.6) is 0 Å². The maximum atomic E-state index is 9.03. The summed E-state index contributed by atoms with van der Waals surface area (Å²) in [5, 5.41) is 9.03. The number of hydrogen-bond donors (Lipinski definition) is 1. The van der Waals surface area contributed by atoms with Crippen molar-refractivity contribution < 1.29 is 22.8 Å². The lowest BCUT2D eigenvalue weighted by Gasteiger charge is -2.05. The highest BCUT2D eigenvalue weighted by molar-refractivity contribution is 4.47. The summed E-state index contributed by atoms with van der Waals surface area (Å²) in [5.41, 5.74) is 0. The summed E-state index contributed by atoms with van der Waals surface area (Å²) in [7, 11) is -5.19. The van der Waals surface area contributed by atoms with E-state index in [1.807, 2.05) is 0 Å². The highest BCUT2D eigenvalue weighted by Crippen LogP contribution is 1.82. The second-order valence-corrected chi connectivity index (χ2v) is 1.28. The lowest BCUT2D eigenvalue weighted by Crippen LogP contribution is -2.19. The van der Waals surface area contributed by atoms with Crippen LogP contribution < -0.4 is 0 Å². The van der Waals surface area contributed by atoms with E-state index in [1.54, 1.807) is 0 Å². The van der Waals surface area contributed by atoms with Crippen LogP contribution >= 0.6 is 0 Å². The Labute approximate surface area is 57.7 Å². The molecule has 0 fully saturated rings. The van der Waals surface area contributed by atoms with Crippen LogP contribution in [0.2, 0.25) is 0 Å². The minimum atomic E-state index is -2.60. The first-order valence-electron chi connectivity index (χ1n) is 5.06. The molecule has 0 saturated heterocycles. The number of aliphatic hydroxyl groups excluding tert-OH is 1. The summed E-state index contributed by atoms with van der Waals surface area (Å²) < 4.78 is 48.3. The zero-order valence-electron chi connectivity index (χ0n) is 10.3. The second kappa shape index (κ2) is 5.03. The third-order valence-electron chi connectivity index (χ3n) is 0.551. The molecule has 3 heteroatoms. The molecule has 0 unspecified atom stereocenters.